The van der Waals surface area contributed by atoms with Gasteiger partial charge in [0.15, 0.2) is 0 Å². The van der Waals surface area contributed by atoms with E-state index in [9.17, 15) is 0 Å². The fourth-order valence-electron chi connectivity index (χ4n) is 0.588. The zero-order valence-corrected chi connectivity index (χ0v) is 9.42. The third-order valence-corrected chi connectivity index (χ3v) is 4.11. The Labute approximate surface area is 85.1 Å². The summed E-state index contributed by atoms with van der Waals surface area (Å²) in [4.78, 5) is 0. The minimum absolute atomic E-state index is 0.490. The molecule has 1 atom stereocenters. The summed E-state index contributed by atoms with van der Waals surface area (Å²) in [5, 5.41) is 1.31. The van der Waals surface area contributed by atoms with Gasteiger partial charge in [-0.3, -0.25) is 0 Å². The van der Waals surface area contributed by atoms with E-state index in [1.165, 1.54) is 17.3 Å². The molecule has 0 rings (SSSR count). The summed E-state index contributed by atoms with van der Waals surface area (Å²) in [6.45, 7) is 9.27. The molecule has 62 valence electrons. The molecule has 0 radical (unpaired) electrons. The second-order valence-electron chi connectivity index (χ2n) is 3.94. The van der Waals surface area contributed by atoms with Crippen molar-refractivity contribution in [2.24, 2.45) is 5.92 Å². The minimum atomic E-state index is 0.490. The predicted molar refractivity (Wildman–Crippen MR) is 56.6 cm³/mol. The number of thioether (sulfide) groups is 1. The van der Waals surface area contributed by atoms with E-state index >= 15 is 0 Å². The van der Waals surface area contributed by atoms with Gasteiger partial charge < -0.3 is 0 Å². The van der Waals surface area contributed by atoms with Gasteiger partial charge in [-0.15, -0.1) is 0 Å². The van der Waals surface area contributed by atoms with Crippen molar-refractivity contribution < 1.29 is 0 Å². The van der Waals surface area contributed by atoms with E-state index in [0.29, 0.717) is 4.75 Å². The molecule has 0 aromatic carbocycles. The predicted octanol–water partition coefficient (Wildman–Crippen LogP) is 3.13. The van der Waals surface area contributed by atoms with Crippen LogP contribution in [-0.4, -0.2) is 28.2 Å². The first-order valence-electron chi connectivity index (χ1n) is 4.65. The SMILES string of the molecule is [Li][CH2]C(C)CSC(C)(C)CC. The van der Waals surface area contributed by atoms with Crippen molar-refractivity contribution in [1.29, 1.82) is 0 Å². The second kappa shape index (κ2) is 5.57. The zero-order valence-electron chi connectivity index (χ0n) is 8.61. The van der Waals surface area contributed by atoms with Gasteiger partial charge in [-0.25, -0.2) is 0 Å². The van der Waals surface area contributed by atoms with Crippen LogP contribution >= 0.6 is 11.8 Å². The van der Waals surface area contributed by atoms with Gasteiger partial charge in [0.2, 0.25) is 0 Å². The summed E-state index contributed by atoms with van der Waals surface area (Å²) in [6.07, 6.45) is 1.27. The van der Waals surface area contributed by atoms with Crippen LogP contribution in [-0.2, 0) is 0 Å². The molecule has 0 fully saturated rings. The second-order valence-corrected chi connectivity index (χ2v) is 5.66. The summed E-state index contributed by atoms with van der Waals surface area (Å²) >= 11 is 4.38. The van der Waals surface area contributed by atoms with Gasteiger partial charge in [0.1, 0.15) is 0 Å². The Hall–Kier alpha value is 0.947. The van der Waals surface area contributed by atoms with Crippen LogP contribution in [0.2, 0.25) is 5.09 Å². The molecule has 0 aliphatic carbocycles. The van der Waals surface area contributed by atoms with E-state index in [0.717, 1.165) is 5.92 Å². The molecule has 0 bridgehead atoms. The van der Waals surface area contributed by atoms with Gasteiger partial charge in [0, 0.05) is 0 Å². The van der Waals surface area contributed by atoms with Crippen LogP contribution in [0.25, 0.3) is 0 Å². The van der Waals surface area contributed by atoms with Crippen molar-refractivity contribution in [3.63, 3.8) is 0 Å². The average molecular weight is 166 g/mol. The van der Waals surface area contributed by atoms with E-state index in [2.05, 4.69) is 57.2 Å². The van der Waals surface area contributed by atoms with Crippen LogP contribution in [0, 0.1) is 5.92 Å². The third kappa shape index (κ3) is 6.14. The Morgan fingerprint density at radius 1 is 1.45 bits per heavy atom. The topological polar surface area (TPSA) is 0 Å². The van der Waals surface area contributed by atoms with Gasteiger partial charge in [0.25, 0.3) is 0 Å². The number of rotatable bonds is 5. The standard InChI is InChI=1S/C9H19S.Li/c1-6-9(4,5)10-7-8(2)3;/h8H,2,6-7H2,1,3-5H3;. The van der Waals surface area contributed by atoms with Crippen molar-refractivity contribution in [3.8, 4) is 0 Å². The first-order valence-corrected chi connectivity index (χ1v) is 5.64. The molecule has 0 spiro atoms. The molecule has 11 heavy (non-hydrogen) atoms. The average Bonchev–Trinajstić information content (AvgIpc) is 2.00. The van der Waals surface area contributed by atoms with E-state index < -0.39 is 0 Å². The molecule has 2 heteroatoms. The van der Waals surface area contributed by atoms with E-state index in [1.54, 1.807) is 0 Å². The van der Waals surface area contributed by atoms with Crippen molar-refractivity contribution in [1.82, 2.24) is 0 Å². The van der Waals surface area contributed by atoms with E-state index in [1.807, 2.05) is 0 Å². The molecule has 0 nitrogen and oxygen atoms in total. The molecular formula is C9H19LiS. The van der Waals surface area contributed by atoms with Crippen LogP contribution in [0.1, 0.15) is 34.1 Å². The quantitative estimate of drug-likeness (QED) is 0.565. The van der Waals surface area contributed by atoms with Gasteiger partial charge in [-0.1, -0.05) is 0 Å². The zero-order chi connectivity index (χ0) is 8.91. The molecule has 0 aromatic rings. The Balaban J connectivity index is 3.52. The molecule has 0 N–H and O–H groups in total. The molecule has 0 aromatic heterocycles. The van der Waals surface area contributed by atoms with Crippen molar-refractivity contribution in [3.05, 3.63) is 0 Å². The summed E-state index contributed by atoms with van der Waals surface area (Å²) < 4.78 is 0.490. The van der Waals surface area contributed by atoms with Gasteiger partial charge in [0.05, 0.1) is 0 Å². The monoisotopic (exact) mass is 166 g/mol. The maximum absolute atomic E-state index is 2.33. The van der Waals surface area contributed by atoms with Crippen molar-refractivity contribution in [2.75, 3.05) is 5.75 Å². The van der Waals surface area contributed by atoms with Crippen LogP contribution in [0.3, 0.4) is 0 Å². The van der Waals surface area contributed by atoms with Crippen molar-refractivity contribution >= 4 is 29.5 Å². The first-order chi connectivity index (χ1) is 5.02. The molecule has 0 heterocycles. The molecule has 0 saturated carbocycles. The Morgan fingerprint density at radius 2 is 2.00 bits per heavy atom. The maximum atomic E-state index is 2.33. The van der Waals surface area contributed by atoms with Gasteiger partial charge in [-0.05, 0) is 0 Å². The molecular weight excluding hydrogens is 147 g/mol. The summed E-state index contributed by atoms with van der Waals surface area (Å²) in [5.41, 5.74) is 0. The van der Waals surface area contributed by atoms with Crippen LogP contribution in [0.5, 0.6) is 0 Å². The molecule has 0 aliphatic rings. The van der Waals surface area contributed by atoms with E-state index in [4.69, 9.17) is 0 Å². The van der Waals surface area contributed by atoms with Crippen LogP contribution in [0.4, 0.5) is 0 Å². The Kier molecular flexibility index (Phi) is 6.05. The van der Waals surface area contributed by atoms with Crippen LogP contribution < -0.4 is 0 Å². The molecule has 0 aliphatic heterocycles. The fraction of sp³-hybridized carbons (Fsp3) is 1.00. The first kappa shape index (κ1) is 11.9. The van der Waals surface area contributed by atoms with Crippen LogP contribution in [0.15, 0.2) is 0 Å². The number of hydrogen-bond acceptors (Lipinski definition) is 1. The third-order valence-electron chi connectivity index (χ3n) is 2.31. The summed E-state index contributed by atoms with van der Waals surface area (Å²) in [5.74, 6) is 2.20. The summed E-state index contributed by atoms with van der Waals surface area (Å²) in [6, 6.07) is 0. The number of hydrogen-bond donors (Lipinski definition) is 0. The van der Waals surface area contributed by atoms with E-state index in [-0.39, 0.29) is 0 Å². The summed E-state index contributed by atoms with van der Waals surface area (Å²) in [7, 11) is 0. The van der Waals surface area contributed by atoms with Crippen molar-refractivity contribution in [2.45, 2.75) is 44.0 Å². The molecule has 0 saturated heterocycles. The Morgan fingerprint density at radius 3 is 2.36 bits per heavy atom. The molecule has 0 amide bonds. The van der Waals surface area contributed by atoms with Gasteiger partial charge >= 0.3 is 85.1 Å². The van der Waals surface area contributed by atoms with Gasteiger partial charge in [-0.2, -0.15) is 0 Å². The fourth-order valence-corrected chi connectivity index (χ4v) is 1.76. The normalized spacial score (nSPS) is 15.1. The molecule has 1 unspecified atom stereocenters. The Bertz CT molecular complexity index is 102.